The normalized spacial score (nSPS) is 11.0. The molecule has 0 amide bonds. The molecule has 2 rings (SSSR count). The van der Waals surface area contributed by atoms with Gasteiger partial charge in [0, 0.05) is 9.50 Å². The lowest BCUT2D eigenvalue weighted by atomic mass is 9.87. The van der Waals surface area contributed by atoms with E-state index < -0.39 is 0 Å². The van der Waals surface area contributed by atoms with Crippen LogP contribution in [0.5, 0.6) is 0 Å². The summed E-state index contributed by atoms with van der Waals surface area (Å²) in [6.07, 6.45) is 0. The first-order valence-electron chi connectivity index (χ1n) is 8.25. The highest BCUT2D eigenvalue weighted by Gasteiger charge is 2.15. The van der Waals surface area contributed by atoms with Gasteiger partial charge in [0.05, 0.1) is 13.1 Å². The summed E-state index contributed by atoms with van der Waals surface area (Å²) < 4.78 is 0.884. The van der Waals surface area contributed by atoms with Crippen LogP contribution in [-0.2, 0) is 10.8 Å². The molecule has 0 radical (unpaired) electrons. The molecule has 0 spiro atoms. The van der Waals surface area contributed by atoms with Crippen LogP contribution in [0, 0.1) is 13.1 Å². The molecule has 0 aromatic heterocycles. The average Bonchev–Trinajstić information content (AvgIpc) is 2.53. The van der Waals surface area contributed by atoms with Crippen molar-refractivity contribution in [1.29, 1.82) is 0 Å². The van der Waals surface area contributed by atoms with E-state index in [1.165, 1.54) is 5.56 Å². The highest BCUT2D eigenvalue weighted by molar-refractivity contribution is 9.10. The minimum Gasteiger partial charge on any atom is -0.237 e. The first-order valence-corrected chi connectivity index (χ1v) is 9.42. The maximum Gasteiger partial charge on any atom is 0.205 e. The smallest absolute Gasteiger partial charge is 0.205 e. The fourth-order valence-electron chi connectivity index (χ4n) is 2.13. The molecule has 0 aliphatic rings. The van der Waals surface area contributed by atoms with E-state index in [0.717, 1.165) is 10.0 Å². The van der Waals surface area contributed by atoms with Gasteiger partial charge in [0.25, 0.3) is 0 Å². The molecular weight excluding hydrogens is 408 g/mol. The molecule has 0 aliphatic carbocycles. The Morgan fingerprint density at radius 3 is 1.54 bits per heavy atom. The van der Waals surface area contributed by atoms with E-state index in [-0.39, 0.29) is 10.8 Å². The van der Waals surface area contributed by atoms with Crippen LogP contribution in [0.2, 0.25) is 5.02 Å². The number of halogens is 2. The standard InChI is InChI=1S/C11H12BrN.C11H12ClN/c2*1-11(2,3)8-5-6-10(13-4)9(12)7-8/h2*5-7H,1-3H3. The second-order valence-corrected chi connectivity index (χ2v) is 9.32. The van der Waals surface area contributed by atoms with Gasteiger partial charge < -0.3 is 0 Å². The maximum atomic E-state index is 6.91. The van der Waals surface area contributed by atoms with Crippen LogP contribution in [0.15, 0.2) is 40.9 Å². The SMILES string of the molecule is [C-]#[N+]c1ccc(C(C)(C)C)cc1Br.[C-]#[N+]c1ccc(C(C)(C)C)cc1Cl. The van der Waals surface area contributed by atoms with Crippen molar-refractivity contribution in [3.05, 3.63) is 79.9 Å². The summed E-state index contributed by atoms with van der Waals surface area (Å²) in [5, 5.41) is 0.544. The Labute approximate surface area is 171 Å². The number of rotatable bonds is 0. The number of nitrogens with zero attached hydrogens (tertiary/aromatic N) is 2. The van der Waals surface area contributed by atoms with E-state index in [1.54, 1.807) is 6.07 Å². The van der Waals surface area contributed by atoms with Gasteiger partial charge in [0.1, 0.15) is 0 Å². The molecule has 0 saturated carbocycles. The minimum absolute atomic E-state index is 0.0875. The third-order valence-corrected chi connectivity index (χ3v) is 4.81. The fourth-order valence-corrected chi connectivity index (χ4v) is 2.82. The number of benzene rings is 2. The van der Waals surface area contributed by atoms with Crippen LogP contribution >= 0.6 is 27.5 Å². The Kier molecular flexibility index (Phi) is 7.45. The topological polar surface area (TPSA) is 8.72 Å². The van der Waals surface area contributed by atoms with Gasteiger partial charge in [-0.25, -0.2) is 9.69 Å². The van der Waals surface area contributed by atoms with Crippen LogP contribution in [0.1, 0.15) is 52.7 Å². The van der Waals surface area contributed by atoms with Gasteiger partial charge in [-0.3, -0.25) is 0 Å². The van der Waals surface area contributed by atoms with Crippen LogP contribution in [-0.4, -0.2) is 0 Å². The Morgan fingerprint density at radius 2 is 1.19 bits per heavy atom. The van der Waals surface area contributed by atoms with Crippen molar-refractivity contribution in [1.82, 2.24) is 0 Å². The van der Waals surface area contributed by atoms with Gasteiger partial charge in [-0.15, -0.1) is 0 Å². The summed E-state index contributed by atoms with van der Waals surface area (Å²) >= 11 is 9.31. The Hall–Kier alpha value is -1.81. The summed E-state index contributed by atoms with van der Waals surface area (Å²) in [6, 6.07) is 11.5. The van der Waals surface area contributed by atoms with E-state index in [0.29, 0.717) is 16.4 Å². The quantitative estimate of drug-likeness (QED) is 0.370. The highest BCUT2D eigenvalue weighted by Crippen LogP contribution is 2.32. The largest absolute Gasteiger partial charge is 0.237 e. The maximum absolute atomic E-state index is 6.91. The summed E-state index contributed by atoms with van der Waals surface area (Å²) in [5.41, 5.74) is 3.83. The van der Waals surface area contributed by atoms with Crippen LogP contribution in [0.4, 0.5) is 11.4 Å². The minimum atomic E-state index is 0.0875. The highest BCUT2D eigenvalue weighted by atomic mass is 79.9. The number of hydrogen-bond acceptors (Lipinski definition) is 0. The second-order valence-electron chi connectivity index (χ2n) is 8.06. The molecule has 0 unspecified atom stereocenters. The van der Waals surface area contributed by atoms with E-state index in [1.807, 2.05) is 30.3 Å². The molecular formula is C22H24BrClN2. The first-order chi connectivity index (χ1) is 11.9. The van der Waals surface area contributed by atoms with Crippen LogP contribution in [0.25, 0.3) is 9.69 Å². The molecule has 4 heteroatoms. The van der Waals surface area contributed by atoms with E-state index in [4.69, 9.17) is 24.7 Å². The molecule has 2 aromatic carbocycles. The first kappa shape index (κ1) is 22.2. The summed E-state index contributed by atoms with van der Waals surface area (Å²) in [6.45, 7) is 26.6. The van der Waals surface area contributed by atoms with E-state index in [2.05, 4.69) is 67.2 Å². The van der Waals surface area contributed by atoms with E-state index in [9.17, 15) is 0 Å². The van der Waals surface area contributed by atoms with Gasteiger partial charge in [0.15, 0.2) is 0 Å². The molecule has 0 aliphatic heterocycles. The molecule has 0 N–H and O–H groups in total. The summed E-state index contributed by atoms with van der Waals surface area (Å²) in [4.78, 5) is 6.71. The monoisotopic (exact) mass is 430 g/mol. The lowest BCUT2D eigenvalue weighted by Crippen LogP contribution is -2.10. The summed E-state index contributed by atoms with van der Waals surface area (Å²) in [7, 11) is 0. The Balaban J connectivity index is 0.000000260. The molecule has 2 nitrogen and oxygen atoms in total. The molecule has 0 heterocycles. The zero-order chi connectivity index (χ0) is 20.1. The van der Waals surface area contributed by atoms with Crippen molar-refractivity contribution < 1.29 is 0 Å². The third-order valence-electron chi connectivity index (χ3n) is 3.87. The van der Waals surface area contributed by atoms with Crippen molar-refractivity contribution in [2.45, 2.75) is 52.4 Å². The number of hydrogen-bond donors (Lipinski definition) is 0. The van der Waals surface area contributed by atoms with Crippen molar-refractivity contribution in [2.24, 2.45) is 0 Å². The zero-order valence-corrected chi connectivity index (χ0v) is 18.5. The fraction of sp³-hybridized carbons (Fsp3) is 0.364. The van der Waals surface area contributed by atoms with Crippen molar-refractivity contribution in [2.75, 3.05) is 0 Å². The van der Waals surface area contributed by atoms with Gasteiger partial charge >= 0.3 is 0 Å². The molecule has 0 fully saturated rings. The molecule has 0 saturated heterocycles. The zero-order valence-electron chi connectivity index (χ0n) is 16.1. The lowest BCUT2D eigenvalue weighted by molar-refractivity contribution is 0.590. The van der Waals surface area contributed by atoms with Gasteiger partial charge in [-0.1, -0.05) is 105 Å². The molecule has 0 bridgehead atoms. The average molecular weight is 432 g/mol. The second kappa shape index (κ2) is 8.72. The van der Waals surface area contributed by atoms with Crippen molar-refractivity contribution in [3.8, 4) is 0 Å². The third kappa shape index (κ3) is 6.17. The van der Waals surface area contributed by atoms with Gasteiger partial charge in [-0.2, -0.15) is 0 Å². The molecule has 0 atom stereocenters. The van der Waals surface area contributed by atoms with E-state index >= 15 is 0 Å². The molecule has 136 valence electrons. The van der Waals surface area contributed by atoms with Crippen molar-refractivity contribution >= 4 is 38.9 Å². The summed E-state index contributed by atoms with van der Waals surface area (Å²) in [5.74, 6) is 0. The van der Waals surface area contributed by atoms with Crippen LogP contribution < -0.4 is 0 Å². The lowest BCUT2D eigenvalue weighted by Gasteiger charge is -2.19. The van der Waals surface area contributed by atoms with Crippen LogP contribution in [0.3, 0.4) is 0 Å². The molecule has 26 heavy (non-hydrogen) atoms. The van der Waals surface area contributed by atoms with Crippen molar-refractivity contribution in [3.63, 3.8) is 0 Å². The van der Waals surface area contributed by atoms with Gasteiger partial charge in [0.2, 0.25) is 11.4 Å². The molecule has 2 aromatic rings. The predicted molar refractivity (Wildman–Crippen MR) is 116 cm³/mol. The Bertz CT molecular complexity index is 786. The van der Waals surface area contributed by atoms with Gasteiger partial charge in [-0.05, 0) is 22.0 Å². The Morgan fingerprint density at radius 1 is 0.769 bits per heavy atom. The predicted octanol–water partition coefficient (Wildman–Crippen LogP) is 8.49.